The van der Waals surface area contributed by atoms with Gasteiger partial charge in [0, 0.05) is 168 Å². The molecule has 38 heteroatoms. The molecule has 4 aromatic heterocycles. The summed E-state index contributed by atoms with van der Waals surface area (Å²) in [6, 6.07) is 32.3. The van der Waals surface area contributed by atoms with Crippen LogP contribution in [0.2, 0.25) is 0 Å². The number of aryl methyl sites for hydroxylation is 2. The number of hydrogen-bond acceptors (Lipinski definition) is 29. The number of nitrogens with two attached hydrogens (primary N) is 1. The summed E-state index contributed by atoms with van der Waals surface area (Å²) in [7, 11) is 0. The third-order valence-electron chi connectivity index (χ3n) is 24.8. The van der Waals surface area contributed by atoms with Crippen LogP contribution in [-0.4, -0.2) is 303 Å². The van der Waals surface area contributed by atoms with Crippen molar-refractivity contribution in [1.82, 2.24) is 91.2 Å². The van der Waals surface area contributed by atoms with E-state index in [9.17, 15) is 68.4 Å². The SMILES string of the molecule is C.C.Cc1ncsc1-c1ccc(CNC(=O)[C@@H]2C[C@@H](O)CN2C(=O)[C@@H](NC(=O)CCC(=O)CCCN2CC(Nc3cc(C(=O)NC[C@H](O)CN4CCc5ccccc5C4)ncn3)C2)C(C)(C)C)cc1.Cc1ncsc1-c1ccc(CNC(=O)[C@@H]2C[C@@H](O)CN2C(=O)[C@@H](NC(=O)CCC(=O)O)C(C)(C)C)cc1.NCCN1CC(Nc2cc(C(=O)NC[C@H](O)CN3CCc4ccccc4C3)ncn2)C1. The largest absolute Gasteiger partial charge is 0.481 e. The maximum absolute atomic E-state index is 14.0. The van der Waals surface area contributed by atoms with Crippen LogP contribution in [0, 0.1) is 24.7 Å². The molecule has 0 aliphatic carbocycles. The van der Waals surface area contributed by atoms with E-state index in [1.54, 1.807) is 61.1 Å². The number of amides is 8. The first kappa shape index (κ1) is 107. The number of Topliss-reactive ketones (excluding diaryl/α,β-unsaturated/α-hetero) is 1. The molecule has 740 valence electrons. The molecule has 8 aromatic rings. The standard InChI is InChI=1S/C49H64N10O7S.C26H34N4O6S.C22H31N7O2.2CH4/c1-31-44(67-30-54-31)34-13-11-32(12-14-34)22-50-47(65)41-20-38(61)28-59(41)48(66)45(49(2,3)4)56-43(63)16-15-37(60)10-7-18-57-25-36(26-57)55-42-21-40(52-29-53-42)46(64)51-23-39(62)27-58-19-17-33-8-5-6-9-35(33)24-58;1-15-22(37-14-28-15)17-7-5-16(6-8-17)12-27-24(35)19-11-18(31)13-30(19)25(36)23(26(2,3)4)29-20(32)9-10-21(33)34;23-6-8-29-12-18(13-29)27-21-9-20(25-15-26-21)22(31)24-10-19(30)14-28-7-5-16-3-1-2-4-17(16)11-28;;/h5-6,8-9,11-14,21,29-30,36,38-39,41,45,61-62H,7,10,15-20,22-28H2,1-4H3,(H,50,65)(H,51,64)(H,56,63)(H,52,53,55);5-8,14,18-19,23,31H,9-13H2,1-4H3,(H,27,35)(H,29,32)(H,33,34);1-4,9,15,18-19,30H,5-8,10-14,23H2,(H,24,31)(H,25,26,27);2*1H4/t38-,39+,41+,45-;18-,19+,23-;19-;;/m110../s1. The third kappa shape index (κ3) is 31.5. The molecule has 0 bridgehead atoms. The molecule has 14 rings (SSSR count). The average Bonchev–Trinajstić information content (AvgIpc) is 1.59. The van der Waals surface area contributed by atoms with E-state index in [-0.39, 0.29) is 134 Å². The molecule has 6 aliphatic rings. The number of ketones is 1. The third-order valence-corrected chi connectivity index (χ3v) is 26.7. The number of carbonyl (C=O) groups excluding carboxylic acids is 9. The Hall–Kier alpha value is -11.6. The van der Waals surface area contributed by atoms with Gasteiger partial charge in [0.15, 0.2) is 0 Å². The minimum atomic E-state index is -1.11. The van der Waals surface area contributed by atoms with E-state index >= 15 is 0 Å². The Morgan fingerprint density at radius 1 is 0.489 bits per heavy atom. The molecule has 137 heavy (non-hydrogen) atoms. The fraction of sp³-hybridized carbons (Fsp3) is 0.515. The smallest absolute Gasteiger partial charge is 0.303 e. The van der Waals surface area contributed by atoms with Crippen molar-refractivity contribution in [3.8, 4) is 20.9 Å². The quantitative estimate of drug-likeness (QED) is 0.0207. The second kappa shape index (κ2) is 50.7. The van der Waals surface area contributed by atoms with Gasteiger partial charge in [-0.2, -0.15) is 0 Å². The monoisotopic (exact) mass is 1920 g/mol. The van der Waals surface area contributed by atoms with Crippen LogP contribution in [0.3, 0.4) is 0 Å². The first-order chi connectivity index (χ1) is 64.6. The summed E-state index contributed by atoms with van der Waals surface area (Å²) < 4.78 is 0. The lowest BCUT2D eigenvalue weighted by Gasteiger charge is -2.39. The Morgan fingerprint density at radius 3 is 1.28 bits per heavy atom. The highest BCUT2D eigenvalue weighted by molar-refractivity contribution is 7.13. The van der Waals surface area contributed by atoms with E-state index in [2.05, 4.69) is 122 Å². The van der Waals surface area contributed by atoms with Crippen LogP contribution in [-0.2, 0) is 77.4 Å². The van der Waals surface area contributed by atoms with Crippen LogP contribution < -0.4 is 48.3 Å². The number of hydrogen-bond donors (Lipinski definition) is 14. The number of fused-ring (bicyclic) bond motifs is 2. The first-order valence-electron chi connectivity index (χ1n) is 46.2. The second-order valence-corrected chi connectivity index (χ2v) is 39.4. The van der Waals surface area contributed by atoms with Crippen molar-refractivity contribution >= 4 is 93.3 Å². The molecule has 0 unspecified atom stereocenters. The number of likely N-dealkylation sites (tertiary alicyclic amines) is 4. The van der Waals surface area contributed by atoms with Gasteiger partial charge in [-0.25, -0.2) is 29.9 Å². The Morgan fingerprint density at radius 2 is 0.891 bits per heavy atom. The summed E-state index contributed by atoms with van der Waals surface area (Å²) in [5, 5.41) is 74.2. The van der Waals surface area contributed by atoms with Gasteiger partial charge in [-0.3, -0.25) is 67.5 Å². The van der Waals surface area contributed by atoms with Crippen LogP contribution in [0.5, 0.6) is 0 Å². The van der Waals surface area contributed by atoms with Gasteiger partial charge in [-0.15, -0.1) is 22.7 Å². The Bertz CT molecular complexity index is 5370. The summed E-state index contributed by atoms with van der Waals surface area (Å²) in [4.78, 5) is 168. The topological polar surface area (TPSA) is 491 Å². The molecule has 8 atom stereocenters. The maximum atomic E-state index is 14.0. The zero-order valence-electron chi connectivity index (χ0n) is 78.1. The molecule has 15 N–H and O–H groups in total. The van der Waals surface area contributed by atoms with Crippen LogP contribution >= 0.6 is 22.7 Å². The molecule has 6 aliphatic heterocycles. The number of rotatable bonds is 38. The highest BCUT2D eigenvalue weighted by Crippen LogP contribution is 2.33. The number of thiazole rings is 2. The van der Waals surface area contributed by atoms with Gasteiger partial charge in [0.1, 0.15) is 65.6 Å². The van der Waals surface area contributed by atoms with Crippen molar-refractivity contribution in [3.63, 3.8) is 0 Å². The number of carbonyl (C=O) groups is 10. The highest BCUT2D eigenvalue weighted by Gasteiger charge is 2.47. The number of aliphatic hydroxyl groups is 4. The van der Waals surface area contributed by atoms with Gasteiger partial charge in [-0.1, -0.05) is 153 Å². The predicted molar refractivity (Wildman–Crippen MR) is 525 cm³/mol. The van der Waals surface area contributed by atoms with Gasteiger partial charge >= 0.3 is 5.97 Å². The van der Waals surface area contributed by atoms with Crippen LogP contribution in [0.4, 0.5) is 11.6 Å². The van der Waals surface area contributed by atoms with E-state index < -0.39 is 94.9 Å². The number of carboxylic acid groups (broad SMARTS) is 1. The normalized spacial score (nSPS) is 18.2. The fourth-order valence-corrected chi connectivity index (χ4v) is 18.9. The van der Waals surface area contributed by atoms with Crippen molar-refractivity contribution in [2.45, 2.75) is 221 Å². The molecule has 10 heterocycles. The number of aliphatic carboxylic acids is 1. The molecule has 0 spiro atoms. The summed E-state index contributed by atoms with van der Waals surface area (Å²) >= 11 is 3.13. The molecule has 8 amide bonds. The summed E-state index contributed by atoms with van der Waals surface area (Å²) in [6.45, 7) is 25.3. The van der Waals surface area contributed by atoms with Crippen LogP contribution in [0.15, 0.2) is 133 Å². The van der Waals surface area contributed by atoms with Gasteiger partial charge in [0.2, 0.25) is 35.4 Å². The van der Waals surface area contributed by atoms with E-state index in [1.165, 1.54) is 44.7 Å². The fourth-order valence-electron chi connectivity index (χ4n) is 17.3. The van der Waals surface area contributed by atoms with E-state index in [1.807, 2.05) is 107 Å². The number of aromatic nitrogens is 6. The summed E-state index contributed by atoms with van der Waals surface area (Å²) in [5.74, 6) is -3.41. The molecule has 0 radical (unpaired) electrons. The van der Waals surface area contributed by atoms with Crippen molar-refractivity contribution in [2.24, 2.45) is 16.6 Å². The number of nitrogens with zero attached hydrogens (tertiary/aromatic N) is 12. The molecule has 4 saturated heterocycles. The van der Waals surface area contributed by atoms with Crippen molar-refractivity contribution in [2.75, 3.05) is 109 Å². The number of anilines is 2. The average molecular weight is 1930 g/mol. The minimum Gasteiger partial charge on any atom is -0.481 e. The number of carboxylic acids is 1. The van der Waals surface area contributed by atoms with Gasteiger partial charge in [0.05, 0.1) is 75.1 Å². The number of β-amino-alcohol motifs (C(OH)–C–C–N with tert-alkyl or cyclic N) is 4. The van der Waals surface area contributed by atoms with E-state index in [0.717, 1.165) is 115 Å². The summed E-state index contributed by atoms with van der Waals surface area (Å²) in [5.41, 5.74) is 19.3. The first-order valence-corrected chi connectivity index (χ1v) is 48.0. The van der Waals surface area contributed by atoms with Gasteiger partial charge in [0.25, 0.3) is 11.8 Å². The van der Waals surface area contributed by atoms with Crippen molar-refractivity contribution < 1.29 is 73.5 Å². The van der Waals surface area contributed by atoms with Crippen molar-refractivity contribution in [1.29, 1.82) is 0 Å². The Kier molecular flexibility index (Phi) is 39.8. The molecule has 0 saturated carbocycles. The lowest BCUT2D eigenvalue weighted by molar-refractivity contribution is -0.144. The predicted octanol–water partition coefficient (Wildman–Crippen LogP) is 6.14. The summed E-state index contributed by atoms with van der Waals surface area (Å²) in [6.07, 6.45) is 1.99. The van der Waals surface area contributed by atoms with Gasteiger partial charge < -0.3 is 83.6 Å². The number of benzene rings is 4. The molecule has 36 nitrogen and oxygen atoms in total. The van der Waals surface area contributed by atoms with Crippen molar-refractivity contribution in [3.05, 3.63) is 189 Å². The molecule has 4 aromatic carbocycles. The minimum absolute atomic E-state index is 0. The highest BCUT2D eigenvalue weighted by atomic mass is 32.1. The zero-order valence-corrected chi connectivity index (χ0v) is 79.7. The lowest BCUT2D eigenvalue weighted by Crippen LogP contribution is -2.57. The number of nitrogens with one attached hydrogen (secondary N) is 8. The van der Waals surface area contributed by atoms with Gasteiger partial charge in [-0.05, 0) is 95.0 Å². The number of aliphatic hydroxyl groups excluding tert-OH is 4. The van der Waals surface area contributed by atoms with E-state index in [4.69, 9.17) is 10.8 Å². The van der Waals surface area contributed by atoms with Crippen LogP contribution in [0.1, 0.15) is 174 Å². The Labute approximate surface area is 810 Å². The zero-order chi connectivity index (χ0) is 96.6. The van der Waals surface area contributed by atoms with Crippen LogP contribution in [0.25, 0.3) is 20.9 Å². The maximum Gasteiger partial charge on any atom is 0.303 e. The van der Waals surface area contributed by atoms with E-state index in [0.29, 0.717) is 56.7 Å². The second-order valence-electron chi connectivity index (χ2n) is 37.7. The Balaban J connectivity index is 0.000000233. The lowest BCUT2D eigenvalue weighted by atomic mass is 9.85. The molecule has 4 fully saturated rings. The molecular formula is C99H137N21O15S2. The molecular weight excluding hydrogens is 1790 g/mol.